The lowest BCUT2D eigenvalue weighted by molar-refractivity contribution is 0.199. The predicted octanol–water partition coefficient (Wildman–Crippen LogP) is 1.81. The molecule has 0 bridgehead atoms. The van der Waals surface area contributed by atoms with E-state index >= 15 is 0 Å². The van der Waals surface area contributed by atoms with Gasteiger partial charge in [-0.25, -0.2) is 9.37 Å². The van der Waals surface area contributed by atoms with E-state index in [-0.39, 0.29) is 5.82 Å². The van der Waals surface area contributed by atoms with Crippen molar-refractivity contribution in [1.82, 2.24) is 14.9 Å². The molecule has 4 nitrogen and oxygen atoms in total. The summed E-state index contributed by atoms with van der Waals surface area (Å²) in [6.45, 7) is 2.57. The monoisotopic (exact) mass is 263 g/mol. The number of nitrogens with one attached hydrogen (secondary N) is 1. The summed E-state index contributed by atoms with van der Waals surface area (Å²) >= 11 is 0. The highest BCUT2D eigenvalue weighted by Crippen LogP contribution is 2.10. The molecule has 1 aromatic heterocycles. The molecule has 2 rings (SSSR count). The maximum atomic E-state index is 13.6. The third kappa shape index (κ3) is 3.87. The molecule has 5 heteroatoms. The fourth-order valence-electron chi connectivity index (χ4n) is 1.84. The van der Waals surface area contributed by atoms with Gasteiger partial charge < -0.3 is 14.6 Å². The van der Waals surface area contributed by atoms with Gasteiger partial charge in [0.15, 0.2) is 0 Å². The van der Waals surface area contributed by atoms with Gasteiger partial charge in [0, 0.05) is 31.6 Å². The lowest BCUT2D eigenvalue weighted by Crippen LogP contribution is -2.21. The Morgan fingerprint density at radius 3 is 3.00 bits per heavy atom. The summed E-state index contributed by atoms with van der Waals surface area (Å²) in [4.78, 5) is 4.28. The Morgan fingerprint density at radius 1 is 1.37 bits per heavy atom. The molecular weight excluding hydrogens is 245 g/mol. The molecule has 0 amide bonds. The zero-order valence-corrected chi connectivity index (χ0v) is 11.0. The minimum atomic E-state index is -0.186. The number of imidazole rings is 1. The quantitative estimate of drug-likeness (QED) is 0.774. The lowest BCUT2D eigenvalue weighted by Gasteiger charge is -2.09. The Kier molecular flexibility index (Phi) is 5.06. The van der Waals surface area contributed by atoms with E-state index in [0.29, 0.717) is 25.3 Å². The topological polar surface area (TPSA) is 39.1 Å². The molecule has 19 heavy (non-hydrogen) atoms. The van der Waals surface area contributed by atoms with Crippen LogP contribution in [-0.4, -0.2) is 29.8 Å². The Hall–Kier alpha value is -1.72. The van der Waals surface area contributed by atoms with Crippen molar-refractivity contribution in [2.75, 3.05) is 20.3 Å². The molecule has 0 spiro atoms. The van der Waals surface area contributed by atoms with Crippen LogP contribution in [0.4, 0.5) is 4.39 Å². The van der Waals surface area contributed by atoms with Crippen LogP contribution in [0.15, 0.2) is 36.7 Å². The highest BCUT2D eigenvalue weighted by molar-refractivity contribution is 5.18. The average molecular weight is 263 g/mol. The minimum absolute atomic E-state index is 0.186. The number of hydrogen-bond donors (Lipinski definition) is 1. The highest BCUT2D eigenvalue weighted by atomic mass is 19.1. The summed E-state index contributed by atoms with van der Waals surface area (Å²) in [5, 5.41) is 3.23. The zero-order valence-electron chi connectivity index (χ0n) is 11.0. The standard InChI is InChI=1S/C14H18FN3O/c1-19-9-7-16-10-14-17-6-8-18(14)11-12-4-2-3-5-13(12)15/h2-6,8,16H,7,9-11H2,1H3. The number of rotatable bonds is 7. The van der Waals surface area contributed by atoms with Crippen LogP contribution in [0.5, 0.6) is 0 Å². The van der Waals surface area contributed by atoms with Crippen LogP contribution < -0.4 is 5.32 Å². The number of halogens is 1. The van der Waals surface area contributed by atoms with Crippen LogP contribution in [0, 0.1) is 5.82 Å². The first kappa shape index (κ1) is 13.7. The molecule has 0 saturated carbocycles. The molecule has 0 atom stereocenters. The van der Waals surface area contributed by atoms with E-state index in [9.17, 15) is 4.39 Å². The Morgan fingerprint density at radius 2 is 2.21 bits per heavy atom. The summed E-state index contributed by atoms with van der Waals surface area (Å²) < 4.78 is 20.5. The van der Waals surface area contributed by atoms with Crippen molar-refractivity contribution in [2.45, 2.75) is 13.1 Å². The predicted molar refractivity (Wildman–Crippen MR) is 71.3 cm³/mol. The number of methoxy groups -OCH3 is 1. The first-order valence-electron chi connectivity index (χ1n) is 6.24. The van der Waals surface area contributed by atoms with Crippen molar-refractivity contribution < 1.29 is 9.13 Å². The maximum Gasteiger partial charge on any atom is 0.128 e. The van der Waals surface area contributed by atoms with Gasteiger partial charge in [0.05, 0.1) is 19.7 Å². The first-order valence-corrected chi connectivity index (χ1v) is 6.24. The molecule has 102 valence electrons. The summed E-state index contributed by atoms with van der Waals surface area (Å²) in [5.74, 6) is 0.703. The second-order valence-corrected chi connectivity index (χ2v) is 4.23. The first-order chi connectivity index (χ1) is 9.31. The van der Waals surface area contributed by atoms with Crippen molar-refractivity contribution in [2.24, 2.45) is 0 Å². The average Bonchev–Trinajstić information content (AvgIpc) is 2.85. The Bertz CT molecular complexity index is 513. The second kappa shape index (κ2) is 7.01. The summed E-state index contributed by atoms with van der Waals surface area (Å²) in [5.41, 5.74) is 0.665. The number of nitrogens with zero attached hydrogens (tertiary/aromatic N) is 2. The van der Waals surface area contributed by atoms with Gasteiger partial charge in [0.25, 0.3) is 0 Å². The van der Waals surface area contributed by atoms with Gasteiger partial charge in [0.1, 0.15) is 11.6 Å². The molecule has 0 aliphatic carbocycles. The molecule has 0 saturated heterocycles. The number of ether oxygens (including phenoxy) is 1. The van der Waals surface area contributed by atoms with Crippen molar-refractivity contribution in [1.29, 1.82) is 0 Å². The lowest BCUT2D eigenvalue weighted by atomic mass is 10.2. The molecule has 1 aromatic carbocycles. The third-order valence-corrected chi connectivity index (χ3v) is 2.87. The van der Waals surface area contributed by atoms with Crippen LogP contribution in [0.25, 0.3) is 0 Å². The van der Waals surface area contributed by atoms with E-state index in [2.05, 4.69) is 10.3 Å². The van der Waals surface area contributed by atoms with E-state index in [4.69, 9.17) is 4.74 Å². The summed E-state index contributed by atoms with van der Waals surface area (Å²) in [6.07, 6.45) is 3.59. The number of hydrogen-bond acceptors (Lipinski definition) is 3. The third-order valence-electron chi connectivity index (χ3n) is 2.87. The summed E-state index contributed by atoms with van der Waals surface area (Å²) in [6, 6.07) is 6.80. The summed E-state index contributed by atoms with van der Waals surface area (Å²) in [7, 11) is 1.67. The number of aromatic nitrogens is 2. The fourth-order valence-corrected chi connectivity index (χ4v) is 1.84. The smallest absolute Gasteiger partial charge is 0.128 e. The Labute approximate surface area is 112 Å². The molecular formula is C14H18FN3O. The van der Waals surface area contributed by atoms with Gasteiger partial charge in [-0.15, -0.1) is 0 Å². The van der Waals surface area contributed by atoms with Gasteiger partial charge in [0.2, 0.25) is 0 Å². The molecule has 0 fully saturated rings. The maximum absolute atomic E-state index is 13.6. The molecule has 2 aromatic rings. The largest absolute Gasteiger partial charge is 0.383 e. The van der Waals surface area contributed by atoms with Crippen LogP contribution in [0.2, 0.25) is 0 Å². The van der Waals surface area contributed by atoms with Crippen molar-refractivity contribution >= 4 is 0 Å². The SMILES string of the molecule is COCCNCc1nccn1Cc1ccccc1F. The van der Waals surface area contributed by atoms with E-state index in [1.54, 1.807) is 25.4 Å². The van der Waals surface area contributed by atoms with Crippen LogP contribution in [0.1, 0.15) is 11.4 Å². The number of benzene rings is 1. The minimum Gasteiger partial charge on any atom is -0.383 e. The normalized spacial score (nSPS) is 10.8. The van der Waals surface area contributed by atoms with Gasteiger partial charge in [-0.2, -0.15) is 0 Å². The molecule has 0 unspecified atom stereocenters. The van der Waals surface area contributed by atoms with E-state index < -0.39 is 0 Å². The molecule has 0 aliphatic rings. The van der Waals surface area contributed by atoms with Crippen LogP contribution in [-0.2, 0) is 17.8 Å². The van der Waals surface area contributed by atoms with Crippen molar-refractivity contribution in [3.8, 4) is 0 Å². The Balaban J connectivity index is 1.98. The second-order valence-electron chi connectivity index (χ2n) is 4.23. The van der Waals surface area contributed by atoms with Gasteiger partial charge >= 0.3 is 0 Å². The highest BCUT2D eigenvalue weighted by Gasteiger charge is 2.06. The van der Waals surface area contributed by atoms with Gasteiger partial charge in [-0.3, -0.25) is 0 Å². The van der Waals surface area contributed by atoms with Crippen LogP contribution >= 0.6 is 0 Å². The molecule has 0 radical (unpaired) electrons. The zero-order chi connectivity index (χ0) is 13.5. The van der Waals surface area contributed by atoms with E-state index in [0.717, 1.165) is 12.4 Å². The molecule has 0 aliphatic heterocycles. The van der Waals surface area contributed by atoms with E-state index in [1.807, 2.05) is 16.8 Å². The van der Waals surface area contributed by atoms with Crippen LogP contribution in [0.3, 0.4) is 0 Å². The van der Waals surface area contributed by atoms with Gasteiger partial charge in [-0.05, 0) is 6.07 Å². The van der Waals surface area contributed by atoms with Gasteiger partial charge in [-0.1, -0.05) is 18.2 Å². The van der Waals surface area contributed by atoms with Crippen molar-refractivity contribution in [3.63, 3.8) is 0 Å². The molecule has 1 heterocycles. The van der Waals surface area contributed by atoms with Crippen molar-refractivity contribution in [3.05, 3.63) is 53.9 Å². The molecule has 1 N–H and O–H groups in total. The van der Waals surface area contributed by atoms with E-state index in [1.165, 1.54) is 6.07 Å². The fraction of sp³-hybridized carbons (Fsp3) is 0.357.